The summed E-state index contributed by atoms with van der Waals surface area (Å²) in [5.74, 6) is -0.921. The maximum absolute atomic E-state index is 13.1. The zero-order chi connectivity index (χ0) is 26.9. The second-order valence-electron chi connectivity index (χ2n) is 10.2. The van der Waals surface area contributed by atoms with Crippen LogP contribution in [0.4, 0.5) is 5.00 Å². The molecule has 0 radical (unpaired) electrons. The van der Waals surface area contributed by atoms with Gasteiger partial charge in [-0.25, -0.2) is 13.2 Å². The number of carbonyl (C=O) groups is 2. The number of ether oxygens (including phenoxy) is 1. The van der Waals surface area contributed by atoms with Crippen molar-refractivity contribution in [1.29, 1.82) is 0 Å². The van der Waals surface area contributed by atoms with Gasteiger partial charge in [-0.1, -0.05) is 20.3 Å². The molecule has 198 valence electrons. The van der Waals surface area contributed by atoms with E-state index < -0.39 is 27.4 Å². The highest BCUT2D eigenvalue weighted by Gasteiger charge is 2.42. The Hall–Kier alpha value is -2.27. The van der Waals surface area contributed by atoms with Crippen LogP contribution in [0.5, 0.6) is 0 Å². The average molecular weight is 536 g/mol. The van der Waals surface area contributed by atoms with Crippen molar-refractivity contribution in [2.45, 2.75) is 76.8 Å². The lowest BCUT2D eigenvalue weighted by molar-refractivity contribution is 0.0600. The molecule has 2 aromatic rings. The summed E-state index contributed by atoms with van der Waals surface area (Å²) >= 11 is 1.36. The lowest BCUT2D eigenvalue weighted by Crippen LogP contribution is -2.55. The van der Waals surface area contributed by atoms with E-state index in [1.807, 2.05) is 13.8 Å². The standard InChI is InChI=1S/C26H37N3O5S2/c1-8-10-15-29(9-2)36(32,33)18-13-11-17(12-14-18)22(30)27-23-20(24(31)34-7)19-16-25(3,4)28-26(5,6)21(19)35-23/h11-14,28H,8-10,15-16H2,1-7H3,(H,27,30). The Balaban J connectivity index is 1.91. The molecule has 1 amide bonds. The molecule has 3 rings (SSSR count). The highest BCUT2D eigenvalue weighted by molar-refractivity contribution is 7.89. The number of methoxy groups -OCH3 is 1. The molecule has 0 saturated heterocycles. The van der Waals surface area contributed by atoms with Crippen molar-refractivity contribution in [2.75, 3.05) is 25.5 Å². The number of fused-ring (bicyclic) bond motifs is 1. The van der Waals surface area contributed by atoms with Gasteiger partial charge >= 0.3 is 5.97 Å². The third kappa shape index (κ3) is 5.66. The van der Waals surface area contributed by atoms with Gasteiger partial charge in [-0.2, -0.15) is 4.31 Å². The molecule has 0 bridgehead atoms. The number of benzene rings is 1. The maximum Gasteiger partial charge on any atom is 0.341 e. The summed E-state index contributed by atoms with van der Waals surface area (Å²) in [4.78, 5) is 27.0. The minimum atomic E-state index is -3.64. The van der Waals surface area contributed by atoms with Crippen LogP contribution in [0.1, 0.15) is 85.5 Å². The van der Waals surface area contributed by atoms with E-state index in [0.717, 1.165) is 23.3 Å². The quantitative estimate of drug-likeness (QED) is 0.449. The number of esters is 1. The van der Waals surface area contributed by atoms with Crippen molar-refractivity contribution >= 4 is 38.2 Å². The van der Waals surface area contributed by atoms with Gasteiger partial charge in [0.1, 0.15) is 5.00 Å². The van der Waals surface area contributed by atoms with Crippen molar-refractivity contribution in [3.8, 4) is 0 Å². The largest absolute Gasteiger partial charge is 0.465 e. The van der Waals surface area contributed by atoms with Gasteiger partial charge in [-0.15, -0.1) is 11.3 Å². The average Bonchev–Trinajstić information content (AvgIpc) is 3.16. The van der Waals surface area contributed by atoms with Crippen molar-refractivity contribution in [3.63, 3.8) is 0 Å². The Morgan fingerprint density at radius 3 is 2.33 bits per heavy atom. The van der Waals surface area contributed by atoms with Gasteiger partial charge in [0.25, 0.3) is 5.91 Å². The van der Waals surface area contributed by atoms with E-state index >= 15 is 0 Å². The molecule has 0 aliphatic carbocycles. The van der Waals surface area contributed by atoms with Crippen LogP contribution in [0.3, 0.4) is 0 Å². The first kappa shape index (κ1) is 28.3. The minimum absolute atomic E-state index is 0.147. The molecule has 0 unspecified atom stereocenters. The SMILES string of the molecule is CCCCN(CC)S(=O)(=O)c1ccc(C(=O)Nc2sc3c(c2C(=O)OC)CC(C)(C)NC3(C)C)cc1. The Bertz CT molecular complexity index is 1230. The Kier molecular flexibility index (Phi) is 8.34. The van der Waals surface area contributed by atoms with Crippen molar-refractivity contribution in [1.82, 2.24) is 9.62 Å². The summed E-state index contributed by atoms with van der Waals surface area (Å²) in [5.41, 5.74) is 0.913. The highest BCUT2D eigenvalue weighted by atomic mass is 32.2. The van der Waals surface area contributed by atoms with Crippen LogP contribution in [0, 0.1) is 0 Å². The molecule has 0 atom stereocenters. The lowest BCUT2D eigenvalue weighted by atomic mass is 9.81. The highest BCUT2D eigenvalue weighted by Crippen LogP contribution is 2.45. The first-order chi connectivity index (χ1) is 16.8. The zero-order valence-electron chi connectivity index (χ0n) is 22.1. The van der Waals surface area contributed by atoms with Crippen LogP contribution < -0.4 is 10.6 Å². The molecule has 8 nitrogen and oxygen atoms in total. The van der Waals surface area contributed by atoms with Crippen molar-refractivity contribution in [3.05, 3.63) is 45.8 Å². The van der Waals surface area contributed by atoms with Crippen LogP contribution in [0.25, 0.3) is 0 Å². The van der Waals surface area contributed by atoms with Gasteiger partial charge in [-0.05, 0) is 70.4 Å². The number of amides is 1. The summed E-state index contributed by atoms with van der Waals surface area (Å²) in [6, 6.07) is 5.90. The fraction of sp³-hybridized carbons (Fsp3) is 0.538. The van der Waals surface area contributed by atoms with Crippen LogP contribution >= 0.6 is 11.3 Å². The van der Waals surface area contributed by atoms with E-state index in [9.17, 15) is 18.0 Å². The van der Waals surface area contributed by atoms with Crippen molar-refractivity contribution < 1.29 is 22.7 Å². The fourth-order valence-corrected chi connectivity index (χ4v) is 7.57. The van der Waals surface area contributed by atoms with E-state index in [1.165, 1.54) is 47.0 Å². The molecule has 1 aromatic heterocycles. The second kappa shape index (κ2) is 10.6. The molecule has 0 fully saturated rings. The van der Waals surface area contributed by atoms with Crippen molar-refractivity contribution in [2.24, 2.45) is 0 Å². The first-order valence-electron chi connectivity index (χ1n) is 12.2. The van der Waals surface area contributed by atoms with E-state index in [4.69, 9.17) is 4.74 Å². The third-order valence-electron chi connectivity index (χ3n) is 6.33. The van der Waals surface area contributed by atoms with Crippen LogP contribution in [0.15, 0.2) is 29.2 Å². The smallest absolute Gasteiger partial charge is 0.341 e. The molecule has 2 heterocycles. The second-order valence-corrected chi connectivity index (χ2v) is 13.2. The number of sulfonamides is 1. The van der Waals surface area contributed by atoms with E-state index in [1.54, 1.807) is 0 Å². The zero-order valence-corrected chi connectivity index (χ0v) is 23.8. The number of thiophene rings is 1. The van der Waals surface area contributed by atoms with Gasteiger partial charge in [-0.3, -0.25) is 4.79 Å². The van der Waals surface area contributed by atoms with Gasteiger partial charge in [0.05, 0.1) is 17.6 Å². The summed E-state index contributed by atoms with van der Waals surface area (Å²) in [5, 5.41) is 6.91. The Morgan fingerprint density at radius 2 is 1.78 bits per heavy atom. The summed E-state index contributed by atoms with van der Waals surface area (Å²) in [6.07, 6.45) is 2.29. The van der Waals surface area contributed by atoms with E-state index in [-0.39, 0.29) is 10.4 Å². The molecule has 36 heavy (non-hydrogen) atoms. The number of anilines is 1. The number of unbranched alkanes of at least 4 members (excludes halogenated alkanes) is 1. The van der Waals surface area contributed by atoms with Crippen LogP contribution in [-0.4, -0.2) is 50.3 Å². The van der Waals surface area contributed by atoms with Gasteiger partial charge < -0.3 is 15.4 Å². The minimum Gasteiger partial charge on any atom is -0.465 e. The number of rotatable bonds is 9. The molecule has 10 heteroatoms. The van der Waals surface area contributed by atoms with Crippen LogP contribution in [0.2, 0.25) is 0 Å². The normalized spacial score (nSPS) is 16.4. The predicted octanol–water partition coefficient (Wildman–Crippen LogP) is 4.76. The molecule has 1 aliphatic rings. The molecule has 1 aliphatic heterocycles. The summed E-state index contributed by atoms with van der Waals surface area (Å²) in [6.45, 7) is 12.9. The number of nitrogens with zero attached hydrogens (tertiary/aromatic N) is 1. The molecular weight excluding hydrogens is 498 g/mol. The monoisotopic (exact) mass is 535 g/mol. The fourth-order valence-electron chi connectivity index (χ4n) is 4.82. The molecule has 0 saturated carbocycles. The van der Waals surface area contributed by atoms with Gasteiger partial charge in [0, 0.05) is 34.6 Å². The van der Waals surface area contributed by atoms with Gasteiger partial charge in [0.15, 0.2) is 0 Å². The first-order valence-corrected chi connectivity index (χ1v) is 14.5. The Labute approximate surface area is 218 Å². The van der Waals surface area contributed by atoms with Gasteiger partial charge in [0.2, 0.25) is 10.0 Å². The molecule has 1 aromatic carbocycles. The number of hydrogen-bond donors (Lipinski definition) is 2. The summed E-state index contributed by atoms with van der Waals surface area (Å²) in [7, 11) is -2.31. The molecule has 0 spiro atoms. The topological polar surface area (TPSA) is 105 Å². The Morgan fingerprint density at radius 1 is 1.14 bits per heavy atom. The number of hydrogen-bond acceptors (Lipinski definition) is 7. The van der Waals surface area contributed by atoms with Crippen LogP contribution in [-0.2, 0) is 26.7 Å². The third-order valence-corrected chi connectivity index (χ3v) is 9.79. The van der Waals surface area contributed by atoms with E-state index in [2.05, 4.69) is 38.3 Å². The van der Waals surface area contributed by atoms with E-state index in [0.29, 0.717) is 35.6 Å². The molecule has 2 N–H and O–H groups in total. The lowest BCUT2D eigenvalue weighted by Gasteiger charge is -2.42. The summed E-state index contributed by atoms with van der Waals surface area (Å²) < 4.78 is 32.5. The number of nitrogens with one attached hydrogen (secondary N) is 2. The number of carbonyl (C=O) groups excluding carboxylic acids is 2. The maximum atomic E-state index is 13.1. The predicted molar refractivity (Wildman–Crippen MR) is 143 cm³/mol. The molecular formula is C26H37N3O5S2.